The number of anilines is 1. The lowest BCUT2D eigenvalue weighted by Crippen LogP contribution is -2.36. The van der Waals surface area contributed by atoms with Crippen LogP contribution in [0.3, 0.4) is 0 Å². The predicted molar refractivity (Wildman–Crippen MR) is 105 cm³/mol. The van der Waals surface area contributed by atoms with E-state index in [0.717, 1.165) is 24.3 Å². The molecule has 2 aliphatic heterocycles. The molecule has 8 nitrogen and oxygen atoms in total. The fourth-order valence-electron chi connectivity index (χ4n) is 3.83. The molecule has 28 heavy (non-hydrogen) atoms. The lowest BCUT2D eigenvalue weighted by molar-refractivity contribution is 0.330. The van der Waals surface area contributed by atoms with Crippen LogP contribution in [0.1, 0.15) is 42.1 Å². The monoisotopic (exact) mass is 379 g/mol. The summed E-state index contributed by atoms with van der Waals surface area (Å²) in [7, 11) is 1.73. The van der Waals surface area contributed by atoms with Gasteiger partial charge >= 0.3 is 0 Å². The Hall–Kier alpha value is -2.73. The molecular formula is C20H25N7O. The first-order valence-corrected chi connectivity index (χ1v) is 9.64. The summed E-state index contributed by atoms with van der Waals surface area (Å²) in [6, 6.07) is 8.61. The maximum Gasteiger partial charge on any atom is 0.158 e. The van der Waals surface area contributed by atoms with Crippen LogP contribution in [0.25, 0.3) is 0 Å². The molecule has 2 unspecified atom stereocenters. The molecule has 0 bridgehead atoms. The van der Waals surface area contributed by atoms with Gasteiger partial charge in [0.15, 0.2) is 5.69 Å². The molecule has 0 amide bonds. The normalized spacial score (nSPS) is 22.1. The standard InChI is InChI=1S/C20H25N7O/c1-28-18-8-14(13-27-6-2-3-7-27)4-5-16(18)17-9-19(26-25-17)24-20-12-22-15(10-21)11-23-20/h4-5,8,11-12,17,19,25-26H,2-3,6-7,9,13H2,1H3,(H,23,24). The van der Waals surface area contributed by atoms with E-state index in [9.17, 15) is 0 Å². The number of nitrogens with one attached hydrogen (secondary N) is 3. The number of likely N-dealkylation sites (tertiary alicyclic amines) is 1. The molecule has 146 valence electrons. The Balaban J connectivity index is 1.40. The molecule has 2 fully saturated rings. The molecule has 0 radical (unpaired) electrons. The zero-order valence-corrected chi connectivity index (χ0v) is 16.0. The Bertz CT molecular complexity index is 843. The van der Waals surface area contributed by atoms with E-state index in [0.29, 0.717) is 11.5 Å². The highest BCUT2D eigenvalue weighted by atomic mass is 16.5. The molecule has 3 heterocycles. The van der Waals surface area contributed by atoms with Crippen LogP contribution in [0.5, 0.6) is 5.75 Å². The fraction of sp³-hybridized carbons (Fsp3) is 0.450. The summed E-state index contributed by atoms with van der Waals surface area (Å²) in [5.41, 5.74) is 9.31. The van der Waals surface area contributed by atoms with Gasteiger partial charge in [-0.2, -0.15) is 5.26 Å². The van der Waals surface area contributed by atoms with Crippen molar-refractivity contribution in [3.63, 3.8) is 0 Å². The van der Waals surface area contributed by atoms with Crippen molar-refractivity contribution in [1.29, 1.82) is 5.26 Å². The van der Waals surface area contributed by atoms with Crippen LogP contribution in [0.2, 0.25) is 0 Å². The molecule has 0 aliphatic carbocycles. The SMILES string of the molecule is COc1cc(CN2CCCC2)ccc1C1CC(Nc2cnc(C#N)cn2)NN1. The molecule has 0 spiro atoms. The van der Waals surface area contributed by atoms with E-state index >= 15 is 0 Å². The third-order valence-electron chi connectivity index (χ3n) is 5.27. The van der Waals surface area contributed by atoms with Crippen molar-refractivity contribution in [2.24, 2.45) is 0 Å². The summed E-state index contributed by atoms with van der Waals surface area (Å²) in [4.78, 5) is 10.7. The van der Waals surface area contributed by atoms with Crippen molar-refractivity contribution < 1.29 is 4.74 Å². The largest absolute Gasteiger partial charge is 0.496 e. The van der Waals surface area contributed by atoms with Gasteiger partial charge in [0.25, 0.3) is 0 Å². The van der Waals surface area contributed by atoms with Crippen molar-refractivity contribution in [2.45, 2.75) is 38.0 Å². The van der Waals surface area contributed by atoms with E-state index < -0.39 is 0 Å². The molecule has 4 rings (SSSR count). The van der Waals surface area contributed by atoms with Crippen molar-refractivity contribution in [1.82, 2.24) is 25.7 Å². The number of nitrogens with zero attached hydrogens (tertiary/aromatic N) is 4. The highest BCUT2D eigenvalue weighted by Gasteiger charge is 2.27. The summed E-state index contributed by atoms with van der Waals surface area (Å²) in [5.74, 6) is 1.54. The summed E-state index contributed by atoms with van der Waals surface area (Å²) in [6.45, 7) is 3.35. The van der Waals surface area contributed by atoms with Gasteiger partial charge in [-0.25, -0.2) is 20.8 Å². The summed E-state index contributed by atoms with van der Waals surface area (Å²) in [6.07, 6.45) is 6.45. The third kappa shape index (κ3) is 4.22. The minimum atomic E-state index is 0.00113. The second-order valence-electron chi connectivity index (χ2n) is 7.23. The van der Waals surface area contributed by atoms with Gasteiger partial charge in [0.1, 0.15) is 17.6 Å². The van der Waals surface area contributed by atoms with Crippen molar-refractivity contribution in [2.75, 3.05) is 25.5 Å². The maximum atomic E-state index is 8.81. The molecule has 2 aromatic rings. The van der Waals surface area contributed by atoms with E-state index in [1.165, 1.54) is 37.7 Å². The Kier molecular flexibility index (Phi) is 5.67. The van der Waals surface area contributed by atoms with Crippen LogP contribution in [0.15, 0.2) is 30.6 Å². The molecule has 2 aliphatic rings. The number of hydrazine groups is 1. The van der Waals surface area contributed by atoms with E-state index in [4.69, 9.17) is 10.00 Å². The van der Waals surface area contributed by atoms with Crippen LogP contribution in [0.4, 0.5) is 5.82 Å². The highest BCUT2D eigenvalue weighted by molar-refractivity contribution is 5.41. The van der Waals surface area contributed by atoms with E-state index in [2.05, 4.69) is 49.2 Å². The van der Waals surface area contributed by atoms with Crippen LogP contribution >= 0.6 is 0 Å². The van der Waals surface area contributed by atoms with Gasteiger partial charge in [-0.15, -0.1) is 0 Å². The average Bonchev–Trinajstić information content (AvgIpc) is 3.41. The summed E-state index contributed by atoms with van der Waals surface area (Å²) >= 11 is 0. The predicted octanol–water partition coefficient (Wildman–Crippen LogP) is 1.93. The minimum absolute atomic E-state index is 0.00113. The first-order chi connectivity index (χ1) is 13.7. The summed E-state index contributed by atoms with van der Waals surface area (Å²) in [5, 5.41) is 12.1. The maximum absolute atomic E-state index is 8.81. The topological polar surface area (TPSA) is 98.1 Å². The summed E-state index contributed by atoms with van der Waals surface area (Å²) < 4.78 is 5.68. The number of benzene rings is 1. The lowest BCUT2D eigenvalue weighted by Gasteiger charge is -2.18. The molecular weight excluding hydrogens is 354 g/mol. The Morgan fingerprint density at radius 2 is 2.11 bits per heavy atom. The van der Waals surface area contributed by atoms with Gasteiger partial charge in [-0.3, -0.25) is 4.90 Å². The van der Waals surface area contributed by atoms with Crippen molar-refractivity contribution in [3.05, 3.63) is 47.4 Å². The average molecular weight is 379 g/mol. The van der Waals surface area contributed by atoms with Crippen LogP contribution in [-0.2, 0) is 6.54 Å². The molecule has 0 saturated carbocycles. The van der Waals surface area contributed by atoms with E-state index in [1.807, 2.05) is 6.07 Å². The van der Waals surface area contributed by atoms with Gasteiger partial charge < -0.3 is 10.1 Å². The van der Waals surface area contributed by atoms with Gasteiger partial charge in [0, 0.05) is 18.5 Å². The smallest absolute Gasteiger partial charge is 0.158 e. The minimum Gasteiger partial charge on any atom is -0.496 e. The first kappa shape index (κ1) is 18.6. The number of aromatic nitrogens is 2. The van der Waals surface area contributed by atoms with Crippen molar-refractivity contribution >= 4 is 5.82 Å². The molecule has 3 N–H and O–H groups in total. The number of methoxy groups -OCH3 is 1. The molecule has 8 heteroatoms. The highest BCUT2D eigenvalue weighted by Crippen LogP contribution is 2.31. The Labute approximate surface area is 164 Å². The quantitative estimate of drug-likeness (QED) is 0.700. The zero-order valence-electron chi connectivity index (χ0n) is 16.0. The van der Waals surface area contributed by atoms with Gasteiger partial charge in [-0.05, 0) is 37.6 Å². The van der Waals surface area contributed by atoms with E-state index in [1.54, 1.807) is 13.3 Å². The number of hydrogen-bond donors (Lipinski definition) is 3. The Morgan fingerprint density at radius 1 is 1.25 bits per heavy atom. The molecule has 2 atom stereocenters. The van der Waals surface area contributed by atoms with Crippen LogP contribution in [-0.4, -0.2) is 41.2 Å². The van der Waals surface area contributed by atoms with Gasteiger partial charge in [-0.1, -0.05) is 12.1 Å². The first-order valence-electron chi connectivity index (χ1n) is 9.64. The van der Waals surface area contributed by atoms with E-state index in [-0.39, 0.29) is 12.2 Å². The second-order valence-corrected chi connectivity index (χ2v) is 7.23. The number of hydrogen-bond acceptors (Lipinski definition) is 8. The molecule has 2 saturated heterocycles. The number of nitriles is 1. The van der Waals surface area contributed by atoms with Crippen LogP contribution < -0.4 is 20.9 Å². The Morgan fingerprint density at radius 3 is 2.82 bits per heavy atom. The molecule has 1 aromatic carbocycles. The zero-order chi connectivity index (χ0) is 19.3. The van der Waals surface area contributed by atoms with Gasteiger partial charge in [0.2, 0.25) is 0 Å². The van der Waals surface area contributed by atoms with Gasteiger partial charge in [0.05, 0.1) is 31.7 Å². The number of ether oxygens (including phenoxy) is 1. The lowest BCUT2D eigenvalue weighted by atomic mass is 10.0. The third-order valence-corrected chi connectivity index (χ3v) is 5.27. The van der Waals surface area contributed by atoms with Crippen molar-refractivity contribution in [3.8, 4) is 11.8 Å². The molecule has 1 aromatic heterocycles. The fourth-order valence-corrected chi connectivity index (χ4v) is 3.83. The van der Waals surface area contributed by atoms with Crippen LogP contribution in [0, 0.1) is 11.3 Å². The second kappa shape index (κ2) is 8.52. The number of rotatable bonds is 6.